The van der Waals surface area contributed by atoms with Gasteiger partial charge in [0.15, 0.2) is 0 Å². The Kier molecular flexibility index (Phi) is 3.72. The van der Waals surface area contributed by atoms with E-state index in [1.54, 1.807) is 37.4 Å². The van der Waals surface area contributed by atoms with Crippen molar-refractivity contribution in [3.63, 3.8) is 0 Å². The lowest BCUT2D eigenvalue weighted by Crippen LogP contribution is -2.19. The molecule has 3 heteroatoms. The smallest absolute Gasteiger partial charge is 0.251 e. The van der Waals surface area contributed by atoms with Crippen molar-refractivity contribution in [3.05, 3.63) is 71.0 Å². The zero-order valence-electron chi connectivity index (χ0n) is 10.1. The first kappa shape index (κ1) is 12.3. The van der Waals surface area contributed by atoms with Crippen molar-refractivity contribution in [2.24, 2.45) is 0 Å². The standard InChI is InChI=1S/C15H14FNO/c1-17-15(18)13-8-4-2-6-11(13)10-12-7-3-5-9-14(12)16/h2-9H,10H2,1H3,(H,17,18). The maximum absolute atomic E-state index is 13.6. The van der Waals surface area contributed by atoms with Crippen LogP contribution in [-0.2, 0) is 6.42 Å². The molecule has 0 aliphatic heterocycles. The average Bonchev–Trinajstić information content (AvgIpc) is 2.41. The van der Waals surface area contributed by atoms with Gasteiger partial charge < -0.3 is 5.32 Å². The summed E-state index contributed by atoms with van der Waals surface area (Å²) in [4.78, 5) is 11.7. The summed E-state index contributed by atoms with van der Waals surface area (Å²) < 4.78 is 13.6. The van der Waals surface area contributed by atoms with Crippen LogP contribution in [0.25, 0.3) is 0 Å². The molecule has 0 radical (unpaired) electrons. The molecule has 0 saturated carbocycles. The van der Waals surface area contributed by atoms with E-state index in [9.17, 15) is 9.18 Å². The summed E-state index contributed by atoms with van der Waals surface area (Å²) in [5.41, 5.74) is 2.00. The third-order valence-corrected chi connectivity index (χ3v) is 2.83. The highest BCUT2D eigenvalue weighted by atomic mass is 19.1. The molecule has 0 unspecified atom stereocenters. The molecule has 0 heterocycles. The van der Waals surface area contributed by atoms with E-state index in [1.807, 2.05) is 12.1 Å². The summed E-state index contributed by atoms with van der Waals surface area (Å²) >= 11 is 0. The van der Waals surface area contributed by atoms with Crippen molar-refractivity contribution in [2.75, 3.05) is 7.05 Å². The summed E-state index contributed by atoms with van der Waals surface area (Å²) in [5, 5.41) is 2.59. The minimum absolute atomic E-state index is 0.151. The van der Waals surface area contributed by atoms with Gasteiger partial charge >= 0.3 is 0 Å². The van der Waals surface area contributed by atoms with Crippen LogP contribution in [0.15, 0.2) is 48.5 Å². The van der Waals surface area contributed by atoms with E-state index in [1.165, 1.54) is 6.07 Å². The first-order chi connectivity index (χ1) is 8.72. The molecule has 92 valence electrons. The fraction of sp³-hybridized carbons (Fsp3) is 0.133. The van der Waals surface area contributed by atoms with Gasteiger partial charge in [-0.3, -0.25) is 4.79 Å². The molecule has 2 aromatic rings. The van der Waals surface area contributed by atoms with Gasteiger partial charge in [-0.15, -0.1) is 0 Å². The van der Waals surface area contributed by atoms with Gasteiger partial charge in [-0.2, -0.15) is 0 Å². The lowest BCUT2D eigenvalue weighted by Gasteiger charge is -2.08. The van der Waals surface area contributed by atoms with Crippen molar-refractivity contribution in [1.29, 1.82) is 0 Å². The molecule has 0 aromatic heterocycles. The molecule has 0 fully saturated rings. The minimum atomic E-state index is -0.246. The molecule has 2 nitrogen and oxygen atoms in total. The van der Waals surface area contributed by atoms with Crippen LogP contribution >= 0.6 is 0 Å². The Balaban J connectivity index is 2.35. The first-order valence-corrected chi connectivity index (χ1v) is 5.75. The van der Waals surface area contributed by atoms with Gasteiger partial charge in [0.2, 0.25) is 0 Å². The van der Waals surface area contributed by atoms with E-state index >= 15 is 0 Å². The molecule has 0 saturated heterocycles. The summed E-state index contributed by atoms with van der Waals surface area (Å²) in [6, 6.07) is 13.8. The number of carbonyl (C=O) groups is 1. The highest BCUT2D eigenvalue weighted by molar-refractivity contribution is 5.95. The molecule has 2 rings (SSSR count). The Bertz CT molecular complexity index is 566. The van der Waals surface area contributed by atoms with E-state index < -0.39 is 0 Å². The minimum Gasteiger partial charge on any atom is -0.355 e. The van der Waals surface area contributed by atoms with Crippen molar-refractivity contribution in [2.45, 2.75) is 6.42 Å². The fourth-order valence-corrected chi connectivity index (χ4v) is 1.88. The summed E-state index contributed by atoms with van der Waals surface area (Å²) in [6.45, 7) is 0. The van der Waals surface area contributed by atoms with E-state index in [0.29, 0.717) is 17.5 Å². The van der Waals surface area contributed by atoms with Crippen molar-refractivity contribution in [1.82, 2.24) is 5.32 Å². The second-order valence-corrected chi connectivity index (χ2v) is 4.00. The Morgan fingerprint density at radius 2 is 1.67 bits per heavy atom. The summed E-state index contributed by atoms with van der Waals surface area (Å²) in [6.07, 6.45) is 0.413. The zero-order valence-corrected chi connectivity index (χ0v) is 10.1. The Labute approximate surface area is 105 Å². The van der Waals surface area contributed by atoms with Crippen LogP contribution in [0.1, 0.15) is 21.5 Å². The van der Waals surface area contributed by atoms with Gasteiger partial charge in [0.25, 0.3) is 5.91 Å². The molecule has 0 bridgehead atoms. The highest BCUT2D eigenvalue weighted by Crippen LogP contribution is 2.16. The van der Waals surface area contributed by atoms with E-state index in [0.717, 1.165) is 5.56 Å². The predicted octanol–water partition coefficient (Wildman–Crippen LogP) is 2.78. The zero-order chi connectivity index (χ0) is 13.0. The van der Waals surface area contributed by atoms with E-state index in [4.69, 9.17) is 0 Å². The number of halogens is 1. The second-order valence-electron chi connectivity index (χ2n) is 4.00. The Morgan fingerprint density at radius 3 is 2.33 bits per heavy atom. The SMILES string of the molecule is CNC(=O)c1ccccc1Cc1ccccc1F. The third kappa shape index (κ3) is 2.56. The van der Waals surface area contributed by atoms with Crippen LogP contribution in [0.3, 0.4) is 0 Å². The Hall–Kier alpha value is -2.16. The molecular formula is C15H14FNO. The van der Waals surface area contributed by atoms with Crippen LogP contribution in [0.2, 0.25) is 0 Å². The molecule has 18 heavy (non-hydrogen) atoms. The first-order valence-electron chi connectivity index (χ1n) is 5.75. The van der Waals surface area contributed by atoms with E-state index in [2.05, 4.69) is 5.32 Å². The monoisotopic (exact) mass is 243 g/mol. The molecular weight excluding hydrogens is 229 g/mol. The largest absolute Gasteiger partial charge is 0.355 e. The number of benzene rings is 2. The fourth-order valence-electron chi connectivity index (χ4n) is 1.88. The number of amides is 1. The maximum Gasteiger partial charge on any atom is 0.251 e. The quantitative estimate of drug-likeness (QED) is 0.882. The second kappa shape index (κ2) is 5.45. The molecule has 0 atom stereocenters. The number of carbonyl (C=O) groups excluding carboxylic acids is 1. The number of nitrogens with one attached hydrogen (secondary N) is 1. The molecule has 0 aliphatic carbocycles. The van der Waals surface area contributed by atoms with Crippen LogP contribution in [0, 0.1) is 5.82 Å². The topological polar surface area (TPSA) is 29.1 Å². The van der Waals surface area contributed by atoms with Crippen molar-refractivity contribution >= 4 is 5.91 Å². The maximum atomic E-state index is 13.6. The molecule has 1 amide bonds. The van der Waals surface area contributed by atoms with Gasteiger partial charge in [0, 0.05) is 19.0 Å². The number of hydrogen-bond donors (Lipinski definition) is 1. The van der Waals surface area contributed by atoms with Gasteiger partial charge in [-0.25, -0.2) is 4.39 Å². The Morgan fingerprint density at radius 1 is 1.06 bits per heavy atom. The highest BCUT2D eigenvalue weighted by Gasteiger charge is 2.10. The van der Waals surface area contributed by atoms with Gasteiger partial charge in [-0.1, -0.05) is 36.4 Å². The third-order valence-electron chi connectivity index (χ3n) is 2.83. The summed E-state index contributed by atoms with van der Waals surface area (Å²) in [7, 11) is 1.59. The van der Waals surface area contributed by atoms with Crippen LogP contribution in [-0.4, -0.2) is 13.0 Å². The number of rotatable bonds is 3. The normalized spacial score (nSPS) is 10.1. The summed E-state index contributed by atoms with van der Waals surface area (Å²) in [5.74, 6) is -0.397. The lowest BCUT2D eigenvalue weighted by atomic mass is 9.99. The lowest BCUT2D eigenvalue weighted by molar-refractivity contribution is 0.0962. The van der Waals surface area contributed by atoms with Gasteiger partial charge in [-0.05, 0) is 23.3 Å². The van der Waals surface area contributed by atoms with Crippen LogP contribution in [0.5, 0.6) is 0 Å². The number of hydrogen-bond acceptors (Lipinski definition) is 1. The van der Waals surface area contributed by atoms with Crippen LogP contribution in [0.4, 0.5) is 4.39 Å². The van der Waals surface area contributed by atoms with Crippen molar-refractivity contribution < 1.29 is 9.18 Å². The van der Waals surface area contributed by atoms with Crippen molar-refractivity contribution in [3.8, 4) is 0 Å². The van der Waals surface area contributed by atoms with Gasteiger partial charge in [0.1, 0.15) is 5.82 Å². The predicted molar refractivity (Wildman–Crippen MR) is 69.0 cm³/mol. The van der Waals surface area contributed by atoms with Crippen LogP contribution < -0.4 is 5.32 Å². The van der Waals surface area contributed by atoms with E-state index in [-0.39, 0.29) is 11.7 Å². The van der Waals surface area contributed by atoms with Gasteiger partial charge in [0.05, 0.1) is 0 Å². The average molecular weight is 243 g/mol. The molecule has 0 aliphatic rings. The molecule has 2 aromatic carbocycles. The molecule has 0 spiro atoms. The molecule has 1 N–H and O–H groups in total.